The Morgan fingerprint density at radius 3 is 1.95 bits per heavy atom. The number of benzene rings is 4. The lowest BCUT2D eigenvalue weighted by Crippen LogP contribution is -2.43. The van der Waals surface area contributed by atoms with Gasteiger partial charge in [0.2, 0.25) is 0 Å². The van der Waals surface area contributed by atoms with E-state index in [1.807, 2.05) is 13.0 Å². The molecule has 0 aromatic heterocycles. The Bertz CT molecular complexity index is 1440. The van der Waals surface area contributed by atoms with Crippen LogP contribution in [0, 0.1) is 5.41 Å². The molecule has 0 saturated carbocycles. The van der Waals surface area contributed by atoms with Crippen molar-refractivity contribution in [2.24, 2.45) is 0 Å². The van der Waals surface area contributed by atoms with Crippen LogP contribution in [0.4, 0.5) is 4.79 Å². The van der Waals surface area contributed by atoms with Crippen LogP contribution in [-0.2, 0) is 24.9 Å². The summed E-state index contributed by atoms with van der Waals surface area (Å²) in [7, 11) is 0. The van der Waals surface area contributed by atoms with Crippen molar-refractivity contribution in [1.29, 1.82) is 5.41 Å². The van der Waals surface area contributed by atoms with Crippen molar-refractivity contribution in [3.63, 3.8) is 0 Å². The Labute approximate surface area is 261 Å². The summed E-state index contributed by atoms with van der Waals surface area (Å²) in [5.74, 6) is 0.357. The van der Waals surface area contributed by atoms with Gasteiger partial charge in [0.25, 0.3) is 0 Å². The van der Waals surface area contributed by atoms with E-state index < -0.39 is 0 Å². The highest BCUT2D eigenvalue weighted by molar-refractivity contribution is 7.97. The molecule has 4 rings (SSSR count). The molecule has 0 heterocycles. The van der Waals surface area contributed by atoms with Gasteiger partial charge in [-0.2, -0.15) is 0 Å². The molecule has 4 aromatic carbocycles. The van der Waals surface area contributed by atoms with Gasteiger partial charge in [0, 0.05) is 31.0 Å². The summed E-state index contributed by atoms with van der Waals surface area (Å²) in [5, 5.41) is 11.5. The van der Waals surface area contributed by atoms with E-state index >= 15 is 0 Å². The zero-order valence-electron chi connectivity index (χ0n) is 25.8. The lowest BCUT2D eigenvalue weighted by molar-refractivity contribution is 0.221. The lowest BCUT2D eigenvalue weighted by atomic mass is 9.87. The number of amides is 2. The van der Waals surface area contributed by atoms with E-state index in [2.05, 4.69) is 128 Å². The Balaban J connectivity index is 1.19. The number of urea groups is 1. The minimum atomic E-state index is -0.215. The molecule has 0 atom stereocenters. The quantitative estimate of drug-likeness (QED) is 0.0874. The van der Waals surface area contributed by atoms with Crippen molar-refractivity contribution >= 4 is 23.8 Å². The van der Waals surface area contributed by atoms with Crippen molar-refractivity contribution < 1.29 is 4.79 Å². The fourth-order valence-electron chi connectivity index (χ4n) is 4.83. The molecule has 0 unspecified atom stereocenters. The predicted octanol–water partition coefficient (Wildman–Crippen LogP) is 8.98. The Kier molecular flexibility index (Phi) is 11.6. The fraction of sp³-hybridized carbons (Fsp3) is 0.297. The van der Waals surface area contributed by atoms with Crippen LogP contribution in [0.2, 0.25) is 0 Å². The van der Waals surface area contributed by atoms with Gasteiger partial charge in [-0.25, -0.2) is 4.79 Å². The summed E-state index contributed by atoms with van der Waals surface area (Å²) >= 11 is 1.64. The fourth-order valence-corrected chi connectivity index (χ4v) is 5.50. The van der Waals surface area contributed by atoms with Gasteiger partial charge in [-0.3, -0.25) is 15.0 Å². The largest absolute Gasteiger partial charge is 0.334 e. The van der Waals surface area contributed by atoms with Crippen LogP contribution in [0.3, 0.4) is 0 Å². The van der Waals surface area contributed by atoms with Gasteiger partial charge in [0.05, 0.1) is 0 Å². The number of hydrogen-bond acceptors (Lipinski definition) is 4. The van der Waals surface area contributed by atoms with Crippen LogP contribution in [0.5, 0.6) is 0 Å². The molecule has 6 heteroatoms. The molecular formula is C37H44N4OS. The van der Waals surface area contributed by atoms with Gasteiger partial charge in [-0.1, -0.05) is 112 Å². The first kappa shape index (κ1) is 32.1. The smallest absolute Gasteiger partial charge is 0.323 e. The second kappa shape index (κ2) is 15.6. The van der Waals surface area contributed by atoms with Gasteiger partial charge in [-0.15, -0.1) is 0 Å². The number of carbonyl (C=O) groups excluding carboxylic acids is 1. The molecule has 0 aliphatic rings. The van der Waals surface area contributed by atoms with Crippen LogP contribution in [0.25, 0.3) is 11.1 Å². The molecule has 0 spiro atoms. The van der Waals surface area contributed by atoms with Crippen LogP contribution in [-0.4, -0.2) is 23.3 Å². The molecule has 3 N–H and O–H groups in total. The molecule has 0 saturated heterocycles. The molecule has 0 aliphatic carbocycles. The average Bonchev–Trinajstić information content (AvgIpc) is 3.01. The number of nitrogens with zero attached hydrogens (tertiary/aromatic N) is 1. The van der Waals surface area contributed by atoms with Crippen molar-refractivity contribution in [2.75, 3.05) is 6.54 Å². The van der Waals surface area contributed by atoms with E-state index in [0.717, 1.165) is 24.9 Å². The summed E-state index contributed by atoms with van der Waals surface area (Å²) < 4.78 is 3.42. The monoisotopic (exact) mass is 592 g/mol. The van der Waals surface area contributed by atoms with Crippen molar-refractivity contribution in [3.05, 3.63) is 125 Å². The van der Waals surface area contributed by atoms with Gasteiger partial charge in [-0.05, 0) is 82.6 Å². The van der Waals surface area contributed by atoms with Crippen molar-refractivity contribution in [3.8, 4) is 11.1 Å². The summed E-state index contributed by atoms with van der Waals surface area (Å²) in [4.78, 5) is 15.5. The zero-order valence-corrected chi connectivity index (χ0v) is 26.6. The minimum Gasteiger partial charge on any atom is -0.334 e. The second-order valence-corrected chi connectivity index (χ2v) is 12.7. The Morgan fingerprint density at radius 1 is 0.767 bits per heavy atom. The number of aryl methyl sites for hydroxylation is 1. The SMILES string of the molecule is CCN(C(=N)CCCc1ccc(-c2ccc(SNCc3ccccc3)cc2)cc1)C(=O)NCc1ccc(C(C)(C)C)cc1. The number of hydrogen-bond donors (Lipinski definition) is 3. The highest BCUT2D eigenvalue weighted by Gasteiger charge is 2.17. The van der Waals surface area contributed by atoms with Crippen LogP contribution >= 0.6 is 11.9 Å². The lowest BCUT2D eigenvalue weighted by Gasteiger charge is -2.22. The van der Waals surface area contributed by atoms with Crippen LogP contribution in [0.1, 0.15) is 62.8 Å². The van der Waals surface area contributed by atoms with E-state index in [0.29, 0.717) is 25.3 Å². The van der Waals surface area contributed by atoms with E-state index in [9.17, 15) is 4.79 Å². The highest BCUT2D eigenvalue weighted by atomic mass is 32.2. The topological polar surface area (TPSA) is 68.2 Å². The maximum Gasteiger partial charge on any atom is 0.323 e. The maximum absolute atomic E-state index is 12.8. The standard InChI is InChI=1S/C37H44N4OS/c1-5-41(36(42)39-26-30-16-22-33(23-17-30)37(2,3)4)35(38)13-9-12-28-14-18-31(19-15-28)32-20-24-34(25-21-32)43-40-27-29-10-7-6-8-11-29/h6-8,10-11,14-25,38,40H,5,9,12-13,26-27H2,1-4H3,(H,39,42). The third-order valence-electron chi connectivity index (χ3n) is 7.48. The van der Waals surface area contributed by atoms with Gasteiger partial charge in [0.1, 0.15) is 5.84 Å². The van der Waals surface area contributed by atoms with Gasteiger partial charge in [0.15, 0.2) is 0 Å². The normalized spacial score (nSPS) is 11.3. The summed E-state index contributed by atoms with van der Waals surface area (Å²) in [5.41, 5.74) is 7.31. The molecule has 43 heavy (non-hydrogen) atoms. The number of carbonyl (C=O) groups is 1. The molecule has 5 nitrogen and oxygen atoms in total. The molecule has 4 aromatic rings. The third-order valence-corrected chi connectivity index (χ3v) is 8.28. The second-order valence-electron chi connectivity index (χ2n) is 11.8. The molecule has 224 valence electrons. The minimum absolute atomic E-state index is 0.102. The Morgan fingerprint density at radius 2 is 1.35 bits per heavy atom. The van der Waals surface area contributed by atoms with Gasteiger partial charge < -0.3 is 5.32 Å². The predicted molar refractivity (Wildman–Crippen MR) is 181 cm³/mol. The van der Waals surface area contributed by atoms with Crippen molar-refractivity contribution in [1.82, 2.24) is 14.9 Å². The molecule has 0 bridgehead atoms. The van der Waals surface area contributed by atoms with E-state index in [1.165, 1.54) is 37.6 Å². The number of rotatable bonds is 12. The average molecular weight is 593 g/mol. The number of nitrogens with one attached hydrogen (secondary N) is 3. The summed E-state index contributed by atoms with van der Waals surface area (Å²) in [6, 6.07) is 35.8. The van der Waals surface area contributed by atoms with E-state index in [-0.39, 0.29) is 11.4 Å². The Hall–Kier alpha value is -3.87. The highest BCUT2D eigenvalue weighted by Crippen LogP contribution is 2.25. The molecule has 0 fully saturated rings. The third kappa shape index (κ3) is 9.84. The molecule has 2 amide bonds. The first-order chi connectivity index (χ1) is 20.7. The zero-order chi connectivity index (χ0) is 30.7. The molecule has 0 aliphatic heterocycles. The molecule has 0 radical (unpaired) electrons. The van der Waals surface area contributed by atoms with Crippen LogP contribution < -0.4 is 10.0 Å². The number of amidine groups is 1. The first-order valence-corrected chi connectivity index (χ1v) is 15.9. The van der Waals surface area contributed by atoms with E-state index in [1.54, 1.807) is 11.9 Å². The van der Waals surface area contributed by atoms with Gasteiger partial charge >= 0.3 is 6.03 Å². The maximum atomic E-state index is 12.8. The van der Waals surface area contributed by atoms with E-state index in [4.69, 9.17) is 5.41 Å². The molecular weight excluding hydrogens is 549 g/mol. The van der Waals surface area contributed by atoms with Crippen molar-refractivity contribution in [2.45, 2.75) is 70.4 Å². The summed E-state index contributed by atoms with van der Waals surface area (Å²) in [6.45, 7) is 10.2. The summed E-state index contributed by atoms with van der Waals surface area (Å²) in [6.07, 6.45) is 2.24. The first-order valence-electron chi connectivity index (χ1n) is 15.1. The van der Waals surface area contributed by atoms with Crippen LogP contribution in [0.15, 0.2) is 108 Å².